The molecule has 2 aromatic carbocycles. The minimum atomic E-state index is -0.568. The predicted molar refractivity (Wildman–Crippen MR) is 159 cm³/mol. The van der Waals surface area contributed by atoms with E-state index < -0.39 is 6.04 Å². The van der Waals surface area contributed by atoms with Gasteiger partial charge >= 0.3 is 0 Å². The average molecular weight is 557 g/mol. The van der Waals surface area contributed by atoms with E-state index in [1.165, 1.54) is 56.6 Å². The smallest absolute Gasteiger partial charge is 0.255 e. The highest BCUT2D eigenvalue weighted by Gasteiger charge is 2.43. The number of hydrogen-bond donors (Lipinski definition) is 2. The lowest BCUT2D eigenvalue weighted by molar-refractivity contribution is -0.136. The summed E-state index contributed by atoms with van der Waals surface area (Å²) in [5.41, 5.74) is 11.2. The van der Waals surface area contributed by atoms with Gasteiger partial charge in [0.1, 0.15) is 6.04 Å². The van der Waals surface area contributed by atoms with E-state index in [2.05, 4.69) is 44.3 Å². The molecule has 0 saturated carbocycles. The summed E-state index contributed by atoms with van der Waals surface area (Å²) in [5, 5.41) is 2.39. The lowest BCUT2D eigenvalue weighted by Crippen LogP contribution is -2.52. The number of carbonyl (C=O) groups excluding carboxylic acids is 3. The molecule has 5 heterocycles. The maximum atomic E-state index is 13.1. The molecule has 3 N–H and O–H groups in total. The summed E-state index contributed by atoms with van der Waals surface area (Å²) in [4.78, 5) is 46.4. The summed E-state index contributed by atoms with van der Waals surface area (Å²) in [6.45, 7) is 7.14. The number of nitrogens with zero attached hydrogens (tertiary/aromatic N) is 4. The van der Waals surface area contributed by atoms with Crippen molar-refractivity contribution >= 4 is 34.8 Å². The second kappa shape index (κ2) is 10.4. The summed E-state index contributed by atoms with van der Waals surface area (Å²) < 4.78 is 0. The number of likely N-dealkylation sites (tertiary alicyclic amines) is 1. The van der Waals surface area contributed by atoms with Crippen molar-refractivity contribution in [2.24, 2.45) is 5.41 Å². The van der Waals surface area contributed by atoms with Crippen LogP contribution in [-0.2, 0) is 16.1 Å². The quantitative estimate of drug-likeness (QED) is 0.441. The van der Waals surface area contributed by atoms with E-state index in [0.717, 1.165) is 37.4 Å². The molecule has 5 aliphatic rings. The van der Waals surface area contributed by atoms with Gasteiger partial charge in [-0.1, -0.05) is 0 Å². The van der Waals surface area contributed by atoms with Gasteiger partial charge in [-0.3, -0.25) is 24.6 Å². The highest BCUT2D eigenvalue weighted by Crippen LogP contribution is 2.43. The van der Waals surface area contributed by atoms with Crippen molar-refractivity contribution in [1.29, 1.82) is 0 Å². The van der Waals surface area contributed by atoms with Gasteiger partial charge in [0, 0.05) is 74.4 Å². The van der Waals surface area contributed by atoms with Crippen molar-refractivity contribution in [3.63, 3.8) is 0 Å². The molecule has 5 aliphatic heterocycles. The van der Waals surface area contributed by atoms with Crippen LogP contribution < -0.4 is 20.9 Å². The molecule has 0 aliphatic carbocycles. The van der Waals surface area contributed by atoms with Crippen molar-refractivity contribution in [2.45, 2.75) is 63.6 Å². The van der Waals surface area contributed by atoms with Gasteiger partial charge in [0.15, 0.2) is 0 Å². The van der Waals surface area contributed by atoms with Crippen LogP contribution in [-0.4, -0.2) is 78.9 Å². The first kappa shape index (κ1) is 26.3. The number of nitrogens with two attached hydrogens (primary N) is 1. The molecule has 0 radical (unpaired) electrons. The Morgan fingerprint density at radius 3 is 2.22 bits per heavy atom. The number of benzene rings is 2. The molecular weight excluding hydrogens is 516 g/mol. The van der Waals surface area contributed by atoms with Crippen LogP contribution in [0.2, 0.25) is 0 Å². The molecule has 9 heteroatoms. The maximum Gasteiger partial charge on any atom is 0.255 e. The lowest BCUT2D eigenvalue weighted by atomic mass is 9.77. The van der Waals surface area contributed by atoms with E-state index in [9.17, 15) is 14.4 Å². The van der Waals surface area contributed by atoms with E-state index in [0.29, 0.717) is 30.0 Å². The first-order valence-corrected chi connectivity index (χ1v) is 15.2. The third-order valence-electron chi connectivity index (χ3n) is 10.4. The molecule has 4 fully saturated rings. The van der Waals surface area contributed by atoms with Crippen molar-refractivity contribution in [3.05, 3.63) is 53.6 Å². The number of nitrogen functional groups attached to an aromatic ring is 1. The van der Waals surface area contributed by atoms with Crippen LogP contribution in [0.5, 0.6) is 0 Å². The fourth-order valence-electron chi connectivity index (χ4n) is 7.86. The average Bonchev–Trinajstić information content (AvgIpc) is 3.54. The number of anilines is 3. The number of carbonyl (C=O) groups is 3. The number of amides is 3. The third kappa shape index (κ3) is 4.94. The molecule has 1 atom stereocenters. The number of rotatable bonds is 4. The van der Waals surface area contributed by atoms with Gasteiger partial charge in [0.2, 0.25) is 11.8 Å². The van der Waals surface area contributed by atoms with E-state index in [-0.39, 0.29) is 24.1 Å². The lowest BCUT2D eigenvalue weighted by Gasteiger charge is -2.42. The summed E-state index contributed by atoms with van der Waals surface area (Å²) >= 11 is 0. The van der Waals surface area contributed by atoms with Crippen molar-refractivity contribution in [2.75, 3.05) is 54.8 Å². The fourth-order valence-corrected chi connectivity index (χ4v) is 7.86. The van der Waals surface area contributed by atoms with Crippen LogP contribution in [0.4, 0.5) is 17.1 Å². The number of hydrogen-bond acceptors (Lipinski definition) is 7. The summed E-state index contributed by atoms with van der Waals surface area (Å²) in [7, 11) is 0. The van der Waals surface area contributed by atoms with Crippen molar-refractivity contribution in [3.8, 4) is 0 Å². The molecular formula is C32H40N6O3. The van der Waals surface area contributed by atoms with Crippen LogP contribution in [0.3, 0.4) is 0 Å². The molecule has 3 amide bonds. The Hall–Kier alpha value is -3.59. The van der Waals surface area contributed by atoms with Gasteiger partial charge < -0.3 is 20.4 Å². The van der Waals surface area contributed by atoms with Gasteiger partial charge in [-0.05, 0) is 98.5 Å². The zero-order valence-electron chi connectivity index (χ0n) is 23.7. The van der Waals surface area contributed by atoms with Gasteiger partial charge in [0.05, 0.1) is 0 Å². The van der Waals surface area contributed by atoms with Gasteiger partial charge in [-0.25, -0.2) is 0 Å². The molecule has 1 unspecified atom stereocenters. The van der Waals surface area contributed by atoms with Gasteiger partial charge in [0.25, 0.3) is 5.91 Å². The normalized spacial score (nSPS) is 25.2. The van der Waals surface area contributed by atoms with E-state index >= 15 is 0 Å². The maximum absolute atomic E-state index is 13.1. The van der Waals surface area contributed by atoms with Crippen LogP contribution in [0.15, 0.2) is 42.5 Å². The topological polar surface area (TPSA) is 102 Å². The number of fused-ring (bicyclic) bond motifs is 1. The van der Waals surface area contributed by atoms with Crippen LogP contribution >= 0.6 is 0 Å². The highest BCUT2D eigenvalue weighted by atomic mass is 16.2. The molecule has 9 nitrogen and oxygen atoms in total. The minimum Gasteiger partial charge on any atom is -0.399 e. The summed E-state index contributed by atoms with van der Waals surface area (Å²) in [5.74, 6) is -0.725. The second-order valence-corrected chi connectivity index (χ2v) is 12.8. The molecule has 216 valence electrons. The van der Waals surface area contributed by atoms with Crippen LogP contribution in [0.1, 0.15) is 60.9 Å². The fraction of sp³-hybridized carbons (Fsp3) is 0.531. The van der Waals surface area contributed by atoms with Crippen LogP contribution in [0, 0.1) is 5.41 Å². The monoisotopic (exact) mass is 556 g/mol. The molecule has 1 spiro atoms. The zero-order chi connectivity index (χ0) is 28.1. The Labute approximate surface area is 241 Å². The third-order valence-corrected chi connectivity index (χ3v) is 10.4. The highest BCUT2D eigenvalue weighted by molar-refractivity contribution is 6.05. The SMILES string of the molecule is Nc1ccc(N2CCC(N3CCC4(CCN(c5ccc6c(c5)CN(C5CCC(=O)NC5=O)C6=O)CC4)C3)CC2)cc1. The summed E-state index contributed by atoms with van der Waals surface area (Å²) in [6.07, 6.45) is 6.80. The standard InChI is InChI=1S/C32H40N6O3/c33-23-1-3-24(4-2-23)35-14-9-25(10-15-35)37-18-13-32(21-37)11-16-36(17-12-32)26-5-6-27-22(19-26)20-38(31(27)41)28-7-8-29(39)34-30(28)40/h1-6,19,25,28H,7-18,20-21,33H2,(H,34,39,40). The van der Waals surface area contributed by atoms with Crippen LogP contribution in [0.25, 0.3) is 0 Å². The number of piperidine rings is 3. The number of nitrogens with one attached hydrogen (secondary N) is 1. The molecule has 7 rings (SSSR count). The number of imide groups is 1. The molecule has 2 aromatic rings. The van der Waals surface area contributed by atoms with Crippen molar-refractivity contribution in [1.82, 2.24) is 15.1 Å². The molecule has 0 aromatic heterocycles. The Morgan fingerprint density at radius 2 is 1.49 bits per heavy atom. The minimum absolute atomic E-state index is 0.107. The van der Waals surface area contributed by atoms with E-state index in [1.54, 1.807) is 4.90 Å². The van der Waals surface area contributed by atoms with Gasteiger partial charge in [-0.15, -0.1) is 0 Å². The molecule has 41 heavy (non-hydrogen) atoms. The molecule has 0 bridgehead atoms. The first-order valence-electron chi connectivity index (χ1n) is 15.2. The van der Waals surface area contributed by atoms with E-state index in [1.807, 2.05) is 18.2 Å². The van der Waals surface area contributed by atoms with Crippen molar-refractivity contribution < 1.29 is 14.4 Å². The van der Waals surface area contributed by atoms with Gasteiger partial charge in [-0.2, -0.15) is 0 Å². The predicted octanol–water partition coefficient (Wildman–Crippen LogP) is 2.99. The Bertz CT molecular complexity index is 1340. The Kier molecular flexibility index (Phi) is 6.64. The molecule has 4 saturated heterocycles. The Morgan fingerprint density at radius 1 is 0.805 bits per heavy atom. The Balaban J connectivity index is 0.934. The second-order valence-electron chi connectivity index (χ2n) is 12.8. The zero-order valence-corrected chi connectivity index (χ0v) is 23.7. The van der Waals surface area contributed by atoms with E-state index in [4.69, 9.17) is 5.73 Å². The first-order chi connectivity index (χ1) is 19.9. The summed E-state index contributed by atoms with van der Waals surface area (Å²) in [6, 6.07) is 14.5. The largest absolute Gasteiger partial charge is 0.399 e.